The molecule has 0 radical (unpaired) electrons. The van der Waals surface area contributed by atoms with E-state index in [-0.39, 0.29) is 53.0 Å². The smallest absolute Gasteiger partial charge is 0.415 e. The molecule has 4 rings (SSSR count). The maximum atomic E-state index is 13.4. The van der Waals surface area contributed by atoms with Crippen LogP contribution in [0, 0.1) is 12.3 Å². The van der Waals surface area contributed by atoms with Crippen molar-refractivity contribution < 1.29 is 23.9 Å². The van der Waals surface area contributed by atoms with E-state index in [1.807, 2.05) is 44.2 Å². The second-order valence-electron chi connectivity index (χ2n) is 12.8. The van der Waals surface area contributed by atoms with E-state index in [1.54, 1.807) is 52.4 Å². The van der Waals surface area contributed by atoms with Crippen LogP contribution in [0.5, 0.6) is 5.75 Å². The molecule has 0 bridgehead atoms. The highest BCUT2D eigenvalue weighted by Crippen LogP contribution is 2.40. The van der Waals surface area contributed by atoms with Crippen molar-refractivity contribution in [3.8, 4) is 11.4 Å². The Morgan fingerprint density at radius 2 is 1.75 bits per heavy atom. The molecule has 11 nitrogen and oxygen atoms in total. The van der Waals surface area contributed by atoms with Crippen molar-refractivity contribution in [3.63, 3.8) is 0 Å². The molecule has 0 aliphatic carbocycles. The molecule has 1 aliphatic heterocycles. The number of amides is 3. The van der Waals surface area contributed by atoms with Gasteiger partial charge in [-0.1, -0.05) is 43.6 Å². The lowest BCUT2D eigenvalue weighted by Gasteiger charge is -2.35. The summed E-state index contributed by atoms with van der Waals surface area (Å²) in [7, 11) is 1.75. The first-order chi connectivity index (χ1) is 20.5. The van der Waals surface area contributed by atoms with Gasteiger partial charge in [0, 0.05) is 25.0 Å². The van der Waals surface area contributed by atoms with Crippen LogP contribution in [0.25, 0.3) is 5.69 Å². The number of ether oxygens (including phenoxy) is 2. The van der Waals surface area contributed by atoms with E-state index < -0.39 is 29.1 Å². The predicted molar refractivity (Wildman–Crippen MR) is 170 cm³/mol. The fraction of sp³-hybridized carbons (Fsp3) is 0.438. The minimum absolute atomic E-state index is 0.0278. The third-order valence-corrected chi connectivity index (χ3v) is 7.35. The summed E-state index contributed by atoms with van der Waals surface area (Å²) < 4.78 is 14.8. The van der Waals surface area contributed by atoms with E-state index in [0.29, 0.717) is 17.1 Å². The summed E-state index contributed by atoms with van der Waals surface area (Å²) in [6.45, 7) is 12.9. The second kappa shape index (κ2) is 12.4. The summed E-state index contributed by atoms with van der Waals surface area (Å²) in [6.07, 6.45) is -0.949. The van der Waals surface area contributed by atoms with Gasteiger partial charge in [-0.2, -0.15) is 0 Å². The Labute approximate surface area is 262 Å². The number of benzene rings is 2. The van der Waals surface area contributed by atoms with Crippen LogP contribution in [0.2, 0.25) is 5.02 Å². The van der Waals surface area contributed by atoms with Crippen LogP contribution >= 0.6 is 11.6 Å². The number of hydrogen-bond acceptors (Lipinski definition) is 6. The Morgan fingerprint density at radius 3 is 2.39 bits per heavy atom. The van der Waals surface area contributed by atoms with E-state index >= 15 is 0 Å². The largest absolute Gasteiger partial charge is 0.486 e. The number of nitrogens with one attached hydrogen (secondary N) is 2. The molecule has 236 valence electrons. The summed E-state index contributed by atoms with van der Waals surface area (Å²) in [5.41, 5.74) is 0.260. The molecule has 0 saturated carbocycles. The Balaban J connectivity index is 1.47. The van der Waals surface area contributed by atoms with Crippen LogP contribution in [0.3, 0.4) is 0 Å². The van der Waals surface area contributed by atoms with Crippen molar-refractivity contribution in [3.05, 3.63) is 69.1 Å². The molecular formula is C32H40ClN5O6. The molecule has 1 aliphatic rings. The number of rotatable bonds is 7. The molecule has 44 heavy (non-hydrogen) atoms. The summed E-state index contributed by atoms with van der Waals surface area (Å²) in [4.78, 5) is 54.1. The van der Waals surface area contributed by atoms with Crippen molar-refractivity contribution in [2.24, 2.45) is 12.5 Å². The number of carbonyl (C=O) groups is 3. The third kappa shape index (κ3) is 7.27. The number of hydrogen-bond donors (Lipinski definition) is 2. The molecule has 2 aromatic carbocycles. The van der Waals surface area contributed by atoms with Crippen molar-refractivity contribution in [2.75, 3.05) is 23.3 Å². The van der Waals surface area contributed by atoms with Crippen molar-refractivity contribution >= 4 is 40.9 Å². The number of para-hydroxylation sites is 1. The number of nitrogens with zero attached hydrogens (tertiary/aromatic N) is 3. The highest BCUT2D eigenvalue weighted by atomic mass is 35.5. The highest BCUT2D eigenvalue weighted by molar-refractivity contribution is 6.31. The zero-order chi connectivity index (χ0) is 32.6. The average molecular weight is 626 g/mol. The molecule has 0 saturated heterocycles. The van der Waals surface area contributed by atoms with E-state index in [1.165, 1.54) is 15.6 Å². The number of aromatic nitrogens is 2. The molecule has 12 heteroatoms. The first-order valence-corrected chi connectivity index (χ1v) is 14.8. The van der Waals surface area contributed by atoms with E-state index in [2.05, 4.69) is 10.6 Å². The van der Waals surface area contributed by atoms with Gasteiger partial charge in [0.1, 0.15) is 17.4 Å². The Bertz CT molecular complexity index is 1640. The van der Waals surface area contributed by atoms with Gasteiger partial charge in [0.05, 0.1) is 29.2 Å². The van der Waals surface area contributed by atoms with Gasteiger partial charge in [0.15, 0.2) is 5.75 Å². The SMILES string of the molecule is Cc1c(NC(=O)CC(C)(C)CNC(=O)c2cc(Cl)cc3c2OC(C)CN3C(=O)OC(C)(C)C)c(=O)n(-c2ccccc2)n1C. The summed E-state index contributed by atoms with van der Waals surface area (Å²) >= 11 is 6.38. The fourth-order valence-corrected chi connectivity index (χ4v) is 5.18. The van der Waals surface area contributed by atoms with E-state index in [9.17, 15) is 19.2 Å². The molecule has 2 N–H and O–H groups in total. The maximum absolute atomic E-state index is 13.4. The number of fused-ring (bicyclic) bond motifs is 1. The highest BCUT2D eigenvalue weighted by Gasteiger charge is 2.35. The number of anilines is 2. The molecule has 0 spiro atoms. The van der Waals surface area contributed by atoms with E-state index in [4.69, 9.17) is 21.1 Å². The summed E-state index contributed by atoms with van der Waals surface area (Å²) in [6, 6.07) is 12.2. The van der Waals surface area contributed by atoms with Gasteiger partial charge < -0.3 is 20.1 Å². The van der Waals surface area contributed by atoms with Gasteiger partial charge in [-0.15, -0.1) is 0 Å². The van der Waals surface area contributed by atoms with Gasteiger partial charge in [-0.05, 0) is 64.3 Å². The zero-order valence-corrected chi connectivity index (χ0v) is 27.2. The summed E-state index contributed by atoms with van der Waals surface area (Å²) in [5, 5.41) is 5.90. The first kappa shape index (κ1) is 32.7. The standard InChI is InChI=1S/C32H40ClN5O6/c1-19-17-37(30(42)44-31(3,4)5)24-15-21(33)14-23(27(24)43-19)28(40)34-18-32(6,7)16-25(39)35-26-20(2)36(8)38(29(26)41)22-12-10-9-11-13-22/h9-15,19H,16-18H2,1-8H3,(H,34,40)(H,35,39). The summed E-state index contributed by atoms with van der Waals surface area (Å²) in [5.74, 6) is -0.609. The molecule has 1 aromatic heterocycles. The Morgan fingerprint density at radius 1 is 1.09 bits per heavy atom. The lowest BCUT2D eigenvalue weighted by atomic mass is 9.88. The van der Waals surface area contributed by atoms with Gasteiger partial charge in [-0.3, -0.25) is 24.0 Å². The van der Waals surface area contributed by atoms with Gasteiger partial charge in [0.25, 0.3) is 11.5 Å². The minimum Gasteiger partial charge on any atom is -0.486 e. The molecule has 2 heterocycles. The van der Waals surface area contributed by atoms with Gasteiger partial charge >= 0.3 is 6.09 Å². The van der Waals surface area contributed by atoms with Crippen LogP contribution in [0.15, 0.2) is 47.3 Å². The van der Waals surface area contributed by atoms with E-state index in [0.717, 1.165) is 0 Å². The molecule has 1 atom stereocenters. The lowest BCUT2D eigenvalue weighted by Crippen LogP contribution is -2.45. The van der Waals surface area contributed by atoms with Crippen molar-refractivity contribution in [1.82, 2.24) is 14.7 Å². The molecule has 3 aromatic rings. The van der Waals surface area contributed by atoms with Crippen molar-refractivity contribution in [1.29, 1.82) is 0 Å². The molecule has 0 fully saturated rings. The third-order valence-electron chi connectivity index (χ3n) is 7.13. The quantitative estimate of drug-likeness (QED) is 0.360. The molecular weight excluding hydrogens is 586 g/mol. The Kier molecular flexibility index (Phi) is 9.20. The number of carbonyl (C=O) groups excluding carboxylic acids is 3. The number of halogens is 1. The van der Waals surface area contributed by atoms with Crippen LogP contribution in [0.1, 0.15) is 64.0 Å². The van der Waals surface area contributed by atoms with Crippen LogP contribution < -0.4 is 25.8 Å². The molecule has 1 unspecified atom stereocenters. The fourth-order valence-electron chi connectivity index (χ4n) is 4.96. The second-order valence-corrected chi connectivity index (χ2v) is 13.3. The topological polar surface area (TPSA) is 124 Å². The van der Waals surface area contributed by atoms with Crippen LogP contribution in [0.4, 0.5) is 16.2 Å². The average Bonchev–Trinajstić information content (AvgIpc) is 3.13. The lowest BCUT2D eigenvalue weighted by molar-refractivity contribution is -0.118. The predicted octanol–water partition coefficient (Wildman–Crippen LogP) is 5.45. The zero-order valence-electron chi connectivity index (χ0n) is 26.4. The van der Waals surface area contributed by atoms with Gasteiger partial charge in [-0.25, -0.2) is 9.48 Å². The first-order valence-electron chi connectivity index (χ1n) is 14.4. The van der Waals surface area contributed by atoms with Gasteiger partial charge in [0.2, 0.25) is 5.91 Å². The minimum atomic E-state index is -0.715. The van der Waals surface area contributed by atoms with Crippen LogP contribution in [-0.4, -0.2) is 52.1 Å². The normalized spacial score (nSPS) is 14.8. The molecule has 3 amide bonds. The monoisotopic (exact) mass is 625 g/mol. The van der Waals surface area contributed by atoms with Crippen molar-refractivity contribution in [2.45, 2.75) is 66.6 Å². The maximum Gasteiger partial charge on any atom is 0.415 e. The Hall–Kier alpha value is -4.25. The van der Waals surface area contributed by atoms with Crippen LogP contribution in [-0.2, 0) is 16.6 Å².